The Hall–Kier alpha value is -3.26. The van der Waals surface area contributed by atoms with Crippen molar-refractivity contribution < 1.29 is 14.3 Å². The van der Waals surface area contributed by atoms with Crippen LogP contribution >= 0.6 is 0 Å². The van der Waals surface area contributed by atoms with Gasteiger partial charge in [0, 0.05) is 6.07 Å². The quantitative estimate of drug-likeness (QED) is 0.575. The van der Waals surface area contributed by atoms with Crippen molar-refractivity contribution in [1.82, 2.24) is 0 Å². The summed E-state index contributed by atoms with van der Waals surface area (Å²) in [5, 5.41) is 19.1. The molecule has 24 heavy (non-hydrogen) atoms. The first kappa shape index (κ1) is 15.6. The Morgan fingerprint density at radius 3 is 2.71 bits per heavy atom. The van der Waals surface area contributed by atoms with E-state index in [1.54, 1.807) is 24.3 Å². The van der Waals surface area contributed by atoms with Gasteiger partial charge in [0.25, 0.3) is 0 Å². The molecule has 0 aliphatic heterocycles. The van der Waals surface area contributed by atoms with Crippen LogP contribution in [0.5, 0.6) is 11.5 Å². The Kier molecular flexibility index (Phi) is 4.48. The van der Waals surface area contributed by atoms with E-state index in [4.69, 9.17) is 14.4 Å². The summed E-state index contributed by atoms with van der Waals surface area (Å²) in [6.07, 6.45) is 1.76. The van der Waals surface area contributed by atoms with Crippen LogP contribution in [0.3, 0.4) is 0 Å². The highest BCUT2D eigenvalue weighted by Gasteiger charge is 2.13. The van der Waals surface area contributed by atoms with Crippen molar-refractivity contribution in [3.8, 4) is 17.6 Å². The Bertz CT molecular complexity index is 955. The lowest BCUT2D eigenvalue weighted by molar-refractivity contribution is 0.311. The monoisotopic (exact) mass is 321 g/mol. The van der Waals surface area contributed by atoms with Gasteiger partial charge in [0.2, 0.25) is 0 Å². The predicted octanol–water partition coefficient (Wildman–Crippen LogP) is 3.38. The summed E-state index contributed by atoms with van der Waals surface area (Å²) in [6.45, 7) is 0.521. The number of hydrogen-bond acceptors (Lipinski definition) is 5. The van der Waals surface area contributed by atoms with Gasteiger partial charge in [-0.2, -0.15) is 5.26 Å². The highest BCUT2D eigenvalue weighted by Crippen LogP contribution is 2.28. The van der Waals surface area contributed by atoms with Crippen molar-refractivity contribution in [2.24, 2.45) is 0 Å². The molecule has 120 valence electrons. The summed E-state index contributed by atoms with van der Waals surface area (Å²) >= 11 is 0. The van der Waals surface area contributed by atoms with Crippen LogP contribution in [0.25, 0.3) is 11.0 Å². The van der Waals surface area contributed by atoms with Crippen molar-refractivity contribution in [3.05, 3.63) is 70.1 Å². The molecule has 0 amide bonds. The van der Waals surface area contributed by atoms with Gasteiger partial charge in [0.05, 0.1) is 12.0 Å². The maximum Gasteiger partial charge on any atom is 0.358 e. The van der Waals surface area contributed by atoms with Crippen LogP contribution in [0.1, 0.15) is 17.5 Å². The lowest BCUT2D eigenvalue weighted by Gasteiger charge is -2.08. The molecule has 1 heterocycles. The molecule has 0 atom stereocenters. The first-order valence-corrected chi connectivity index (χ1v) is 7.55. The van der Waals surface area contributed by atoms with Gasteiger partial charge in [-0.3, -0.25) is 0 Å². The normalized spacial score (nSPS) is 10.5. The first-order chi connectivity index (χ1) is 11.7. The number of aromatic hydroxyl groups is 1. The molecule has 1 N–H and O–H groups in total. The summed E-state index contributed by atoms with van der Waals surface area (Å²) in [5.41, 5.74) is 0.194. The number of nitrogens with zero attached hydrogens (tertiary/aromatic N) is 1. The van der Waals surface area contributed by atoms with Crippen molar-refractivity contribution in [3.63, 3.8) is 0 Å². The zero-order valence-corrected chi connectivity index (χ0v) is 12.9. The molecule has 2 aromatic carbocycles. The summed E-state index contributed by atoms with van der Waals surface area (Å²) < 4.78 is 10.7. The van der Waals surface area contributed by atoms with Crippen LogP contribution in [0.4, 0.5) is 0 Å². The van der Waals surface area contributed by atoms with E-state index in [1.807, 2.05) is 18.2 Å². The lowest BCUT2D eigenvalue weighted by atomic mass is 10.1. The van der Waals surface area contributed by atoms with E-state index in [0.29, 0.717) is 17.7 Å². The number of nitriles is 1. The van der Waals surface area contributed by atoms with Gasteiger partial charge in [0.1, 0.15) is 17.4 Å². The number of hydrogen-bond donors (Lipinski definition) is 1. The van der Waals surface area contributed by atoms with Gasteiger partial charge in [-0.25, -0.2) is 4.79 Å². The second kappa shape index (κ2) is 6.88. The largest absolute Gasteiger partial charge is 0.506 e. The smallest absolute Gasteiger partial charge is 0.358 e. The minimum atomic E-state index is -0.858. The first-order valence-electron chi connectivity index (χ1n) is 7.55. The van der Waals surface area contributed by atoms with E-state index in [1.165, 1.54) is 5.56 Å². The SMILES string of the molecule is N#Cc1c(O)c2ccc(OCCCc3ccccc3)cc2oc1=O. The van der Waals surface area contributed by atoms with E-state index >= 15 is 0 Å². The Labute approximate surface area is 138 Å². The van der Waals surface area contributed by atoms with Gasteiger partial charge in [-0.15, -0.1) is 0 Å². The molecule has 0 aliphatic carbocycles. The number of aryl methyl sites for hydroxylation is 1. The third-order valence-corrected chi connectivity index (χ3v) is 3.68. The van der Waals surface area contributed by atoms with Gasteiger partial charge >= 0.3 is 5.63 Å². The standard InChI is InChI=1S/C19H15NO4/c20-12-16-18(21)15-9-8-14(11-17(15)24-19(16)22)23-10-4-7-13-5-2-1-3-6-13/h1-3,5-6,8-9,11,21H,4,7,10H2. The Morgan fingerprint density at radius 1 is 1.17 bits per heavy atom. The van der Waals surface area contributed by atoms with Gasteiger partial charge < -0.3 is 14.3 Å². The van der Waals surface area contributed by atoms with Crippen LogP contribution in [0, 0.1) is 11.3 Å². The maximum absolute atomic E-state index is 11.6. The zero-order chi connectivity index (χ0) is 16.9. The number of rotatable bonds is 5. The average molecular weight is 321 g/mol. The van der Waals surface area contributed by atoms with E-state index in [0.717, 1.165) is 12.8 Å². The molecule has 0 aliphatic rings. The number of benzene rings is 2. The highest BCUT2D eigenvalue weighted by molar-refractivity contribution is 5.86. The molecule has 0 radical (unpaired) electrons. The van der Waals surface area contributed by atoms with Crippen molar-refractivity contribution in [1.29, 1.82) is 5.26 Å². The minimum Gasteiger partial charge on any atom is -0.506 e. The molecule has 0 unspecified atom stereocenters. The van der Waals surface area contributed by atoms with Crippen molar-refractivity contribution in [2.45, 2.75) is 12.8 Å². The maximum atomic E-state index is 11.6. The van der Waals surface area contributed by atoms with Crippen molar-refractivity contribution >= 4 is 11.0 Å². The van der Waals surface area contributed by atoms with Crippen LogP contribution in [-0.2, 0) is 6.42 Å². The fraction of sp³-hybridized carbons (Fsp3) is 0.158. The second-order valence-electron chi connectivity index (χ2n) is 5.32. The van der Waals surface area contributed by atoms with E-state index in [2.05, 4.69) is 12.1 Å². The van der Waals surface area contributed by atoms with Crippen molar-refractivity contribution in [2.75, 3.05) is 6.61 Å². The molecule has 0 spiro atoms. The fourth-order valence-electron chi connectivity index (χ4n) is 2.46. The van der Waals surface area contributed by atoms with E-state index in [-0.39, 0.29) is 16.9 Å². The third-order valence-electron chi connectivity index (χ3n) is 3.68. The molecule has 5 nitrogen and oxygen atoms in total. The molecule has 5 heteroatoms. The highest BCUT2D eigenvalue weighted by atomic mass is 16.5. The summed E-state index contributed by atoms with van der Waals surface area (Å²) in [7, 11) is 0. The van der Waals surface area contributed by atoms with Crippen LogP contribution < -0.4 is 10.4 Å². The summed E-state index contributed by atoms with van der Waals surface area (Å²) in [5.74, 6) is 0.183. The van der Waals surface area contributed by atoms with E-state index in [9.17, 15) is 9.90 Å². The second-order valence-corrected chi connectivity index (χ2v) is 5.32. The minimum absolute atomic E-state index is 0.192. The van der Waals surface area contributed by atoms with Crippen LogP contribution in [0.15, 0.2) is 57.7 Å². The Balaban J connectivity index is 1.70. The van der Waals surface area contributed by atoms with Crippen LogP contribution in [0.2, 0.25) is 0 Å². The number of fused-ring (bicyclic) bond motifs is 1. The summed E-state index contributed by atoms with van der Waals surface area (Å²) in [6, 6.07) is 16.6. The molecule has 3 aromatic rings. The van der Waals surface area contributed by atoms with Gasteiger partial charge in [0.15, 0.2) is 11.3 Å². The molecule has 0 bridgehead atoms. The topological polar surface area (TPSA) is 83.5 Å². The predicted molar refractivity (Wildman–Crippen MR) is 89.1 cm³/mol. The molecule has 0 saturated carbocycles. The third kappa shape index (κ3) is 3.23. The molecule has 1 aromatic heterocycles. The molecular formula is C19H15NO4. The molecule has 0 saturated heterocycles. The van der Waals surface area contributed by atoms with Crippen LogP contribution in [-0.4, -0.2) is 11.7 Å². The van der Waals surface area contributed by atoms with Gasteiger partial charge in [-0.05, 0) is 30.5 Å². The molecular weight excluding hydrogens is 306 g/mol. The Morgan fingerprint density at radius 2 is 1.96 bits per heavy atom. The number of ether oxygens (including phenoxy) is 1. The molecule has 3 rings (SSSR count). The van der Waals surface area contributed by atoms with Gasteiger partial charge in [-0.1, -0.05) is 30.3 Å². The fourth-order valence-corrected chi connectivity index (χ4v) is 2.46. The summed E-state index contributed by atoms with van der Waals surface area (Å²) in [4.78, 5) is 11.6. The molecule has 0 fully saturated rings. The lowest BCUT2D eigenvalue weighted by Crippen LogP contribution is -2.04. The zero-order valence-electron chi connectivity index (χ0n) is 12.9. The van der Waals surface area contributed by atoms with E-state index < -0.39 is 5.63 Å². The average Bonchev–Trinajstić information content (AvgIpc) is 2.60.